The Bertz CT molecular complexity index is 2480. The molecule has 0 atom stereocenters. The van der Waals surface area contributed by atoms with Crippen LogP contribution in [0, 0.1) is 0 Å². The van der Waals surface area contributed by atoms with E-state index in [-0.39, 0.29) is 18.0 Å². The first-order chi connectivity index (χ1) is 27.0. The summed E-state index contributed by atoms with van der Waals surface area (Å²) in [5.74, 6) is -0.153. The third kappa shape index (κ3) is 7.80. The number of carbonyl (C=O) groups is 1. The van der Waals surface area contributed by atoms with Gasteiger partial charge in [-0.05, 0) is 99.0 Å². The maximum atomic E-state index is 13.0. The van der Waals surface area contributed by atoms with E-state index in [1.54, 1.807) is 0 Å². The van der Waals surface area contributed by atoms with Gasteiger partial charge < -0.3 is 5.11 Å². The van der Waals surface area contributed by atoms with Gasteiger partial charge in [0.25, 0.3) is 0 Å². The van der Waals surface area contributed by atoms with Crippen molar-refractivity contribution in [2.24, 2.45) is 0 Å². The third-order valence-corrected chi connectivity index (χ3v) is 9.77. The van der Waals surface area contributed by atoms with Crippen molar-refractivity contribution in [1.82, 2.24) is 9.97 Å². The molecule has 8 rings (SSSR count). The van der Waals surface area contributed by atoms with Crippen LogP contribution in [-0.2, 0) is 11.2 Å². The van der Waals surface area contributed by atoms with Crippen molar-refractivity contribution in [1.29, 1.82) is 0 Å². The number of nitrogens with zero attached hydrogens (tertiary/aromatic N) is 2. The summed E-state index contributed by atoms with van der Waals surface area (Å²) in [7, 11) is 0. The van der Waals surface area contributed by atoms with Crippen LogP contribution in [0.1, 0.15) is 12.5 Å². The van der Waals surface area contributed by atoms with Gasteiger partial charge in [0.2, 0.25) is 0 Å². The van der Waals surface area contributed by atoms with Crippen molar-refractivity contribution in [2.45, 2.75) is 13.3 Å². The van der Waals surface area contributed by atoms with Gasteiger partial charge >= 0.3 is 0 Å². The number of ketones is 1. The first-order valence-corrected chi connectivity index (χ1v) is 18.4. The Morgan fingerprint density at radius 3 is 1.53 bits per heavy atom. The van der Waals surface area contributed by atoms with Crippen LogP contribution in [-0.4, -0.2) is 20.9 Å². The van der Waals surface area contributed by atoms with Crippen LogP contribution in [0.2, 0.25) is 0 Å². The van der Waals surface area contributed by atoms with Gasteiger partial charge in [-0.3, -0.25) is 14.8 Å². The van der Waals surface area contributed by atoms with Gasteiger partial charge in [-0.15, -0.1) is 0 Å². The van der Waals surface area contributed by atoms with E-state index in [2.05, 4.69) is 126 Å². The van der Waals surface area contributed by atoms with Gasteiger partial charge in [0, 0.05) is 41.6 Å². The number of rotatable bonds is 10. The molecule has 0 saturated carbocycles. The van der Waals surface area contributed by atoms with E-state index in [0.717, 1.165) is 83.7 Å². The van der Waals surface area contributed by atoms with E-state index in [1.165, 1.54) is 13.0 Å². The second-order valence-corrected chi connectivity index (χ2v) is 13.6. The Morgan fingerprint density at radius 2 is 0.945 bits per heavy atom. The molecule has 0 aliphatic heterocycles. The molecule has 0 amide bonds. The van der Waals surface area contributed by atoms with Gasteiger partial charge in [0.05, 0.1) is 17.1 Å². The fourth-order valence-electron chi connectivity index (χ4n) is 7.18. The van der Waals surface area contributed by atoms with Gasteiger partial charge in [-0.1, -0.05) is 140 Å². The maximum Gasteiger partial charge on any atom is 0.163 e. The predicted molar refractivity (Wildman–Crippen MR) is 225 cm³/mol. The average molecular weight is 711 g/mol. The Morgan fingerprint density at radius 1 is 0.473 bits per heavy atom. The van der Waals surface area contributed by atoms with Crippen molar-refractivity contribution in [3.8, 4) is 78.1 Å². The number of hydrogen-bond donors (Lipinski definition) is 1. The molecule has 55 heavy (non-hydrogen) atoms. The van der Waals surface area contributed by atoms with Gasteiger partial charge in [-0.2, -0.15) is 0 Å². The summed E-state index contributed by atoms with van der Waals surface area (Å²) in [6.45, 7) is 1.52. The largest absolute Gasteiger partial charge is 0.512 e. The second-order valence-electron chi connectivity index (χ2n) is 13.6. The van der Waals surface area contributed by atoms with Crippen molar-refractivity contribution in [3.05, 3.63) is 206 Å². The summed E-state index contributed by atoms with van der Waals surface area (Å²) in [6.07, 6.45) is 5.23. The van der Waals surface area contributed by atoms with Crippen molar-refractivity contribution < 1.29 is 9.90 Å². The van der Waals surface area contributed by atoms with Crippen LogP contribution < -0.4 is 0 Å². The monoisotopic (exact) mass is 710 g/mol. The molecule has 0 aliphatic carbocycles. The zero-order valence-electron chi connectivity index (χ0n) is 30.4. The van der Waals surface area contributed by atoms with Gasteiger partial charge in [0.1, 0.15) is 0 Å². The number of hydrogen-bond acceptors (Lipinski definition) is 4. The topological polar surface area (TPSA) is 63.1 Å². The van der Waals surface area contributed by atoms with E-state index < -0.39 is 0 Å². The van der Waals surface area contributed by atoms with Crippen LogP contribution in [0.5, 0.6) is 0 Å². The van der Waals surface area contributed by atoms with Crippen LogP contribution in [0.15, 0.2) is 200 Å². The van der Waals surface area contributed by atoms with E-state index in [0.29, 0.717) is 0 Å². The summed E-state index contributed by atoms with van der Waals surface area (Å²) < 4.78 is 0. The fraction of sp³-hybridized carbons (Fsp3) is 0.0392. The number of allylic oxidation sites excluding steroid dienone is 2. The molecule has 8 aromatic rings. The predicted octanol–water partition coefficient (Wildman–Crippen LogP) is 12.7. The highest BCUT2D eigenvalue weighted by Gasteiger charge is 2.17. The van der Waals surface area contributed by atoms with Crippen molar-refractivity contribution in [2.75, 3.05) is 0 Å². The molecule has 264 valence electrons. The fourth-order valence-corrected chi connectivity index (χ4v) is 7.18. The lowest BCUT2D eigenvalue weighted by Crippen LogP contribution is -2.02. The lowest BCUT2D eigenvalue weighted by Gasteiger charge is -2.18. The Labute approximate surface area is 321 Å². The minimum atomic E-state index is -0.153. The maximum absolute atomic E-state index is 13.0. The number of aliphatic hydroxyl groups excluding tert-OH is 1. The summed E-state index contributed by atoms with van der Waals surface area (Å²) in [4.78, 5) is 22.4. The summed E-state index contributed by atoms with van der Waals surface area (Å²) >= 11 is 0. The van der Waals surface area contributed by atoms with Crippen LogP contribution in [0.3, 0.4) is 0 Å². The van der Waals surface area contributed by atoms with Gasteiger partial charge in [0.15, 0.2) is 5.78 Å². The molecule has 0 fully saturated rings. The molecule has 0 aliphatic rings. The summed E-state index contributed by atoms with van der Waals surface area (Å²) in [5, 5.41) is 9.83. The quantitative estimate of drug-likeness (QED) is 0.113. The molecule has 0 saturated heterocycles. The molecule has 1 N–H and O–H groups in total. The number of aromatic nitrogens is 2. The Hall–Kier alpha value is -7.17. The number of aliphatic hydroxyl groups is 1. The van der Waals surface area contributed by atoms with Crippen LogP contribution in [0.4, 0.5) is 0 Å². The molecule has 4 nitrogen and oxygen atoms in total. The smallest absolute Gasteiger partial charge is 0.163 e. The molecule has 0 bridgehead atoms. The lowest BCUT2D eigenvalue weighted by molar-refractivity contribution is -0.114. The van der Waals surface area contributed by atoms with Crippen LogP contribution >= 0.6 is 0 Å². The van der Waals surface area contributed by atoms with E-state index >= 15 is 0 Å². The number of benzene rings is 6. The SMILES string of the molecule is C/C(O)=C/C(=O)Cc1ccccc1-c1cc(-c2ccccc2-c2ccc(-c3ccccn3)cc2)cc(-c2ccccc2-c2ccc(-c3ccccc3)nc2)c1. The zero-order valence-corrected chi connectivity index (χ0v) is 30.4. The molecule has 2 heterocycles. The molecular formula is C51H38N2O2. The molecule has 4 heteroatoms. The second kappa shape index (κ2) is 15.8. The highest BCUT2D eigenvalue weighted by Crippen LogP contribution is 2.41. The molecule has 2 aromatic heterocycles. The van der Waals surface area contributed by atoms with Crippen LogP contribution in [0.25, 0.3) is 78.1 Å². The summed E-state index contributed by atoms with van der Waals surface area (Å²) in [6, 6.07) is 60.6. The van der Waals surface area contributed by atoms with Gasteiger partial charge in [-0.25, -0.2) is 0 Å². The lowest BCUT2D eigenvalue weighted by atomic mass is 9.86. The Kier molecular flexibility index (Phi) is 10.0. The molecule has 0 radical (unpaired) electrons. The highest BCUT2D eigenvalue weighted by molar-refractivity contribution is 5.95. The average Bonchev–Trinajstić information content (AvgIpc) is 3.24. The van der Waals surface area contributed by atoms with E-state index in [1.807, 2.05) is 67.0 Å². The van der Waals surface area contributed by atoms with Crippen molar-refractivity contribution in [3.63, 3.8) is 0 Å². The third-order valence-electron chi connectivity index (χ3n) is 9.77. The minimum Gasteiger partial charge on any atom is -0.512 e. The first-order valence-electron chi connectivity index (χ1n) is 18.4. The molecular weight excluding hydrogens is 673 g/mol. The molecule has 6 aromatic carbocycles. The minimum absolute atomic E-state index is 0.000617. The molecule has 0 unspecified atom stereocenters. The number of carbonyl (C=O) groups excluding carboxylic acids is 1. The molecule has 0 spiro atoms. The van der Waals surface area contributed by atoms with E-state index in [4.69, 9.17) is 4.98 Å². The zero-order chi connectivity index (χ0) is 37.6. The first kappa shape index (κ1) is 34.9. The normalized spacial score (nSPS) is 11.3. The highest BCUT2D eigenvalue weighted by atomic mass is 16.3. The standard InChI is InChI=1S/C51H38N2O2/c1-35(54)29-44(55)33-39-15-5-6-16-45(39)41-30-42(48-19-9-7-17-46(48)36-22-24-38(25-23-36)50-21-11-12-28-52-50)32-43(31-41)49-20-10-8-18-47(49)40-26-27-51(53-34-40)37-13-3-2-4-14-37/h2-32,34,54H,33H2,1H3/b35-29-. The Balaban J connectivity index is 1.27. The summed E-state index contributed by atoms with van der Waals surface area (Å²) in [5.41, 5.74) is 15.4. The van der Waals surface area contributed by atoms with Crippen molar-refractivity contribution >= 4 is 5.78 Å². The number of pyridine rings is 2. The van der Waals surface area contributed by atoms with E-state index in [9.17, 15) is 9.90 Å².